The van der Waals surface area contributed by atoms with E-state index in [4.69, 9.17) is 5.84 Å². The van der Waals surface area contributed by atoms with Crippen LogP contribution in [0.3, 0.4) is 0 Å². The molecule has 0 radical (unpaired) electrons. The summed E-state index contributed by atoms with van der Waals surface area (Å²) in [7, 11) is 0. The second-order valence-corrected chi connectivity index (χ2v) is 4.41. The van der Waals surface area contributed by atoms with Crippen molar-refractivity contribution in [3.05, 3.63) is 59.2 Å². The number of benzene rings is 2. The van der Waals surface area contributed by atoms with Crippen LogP contribution in [0.1, 0.15) is 21.5 Å². The van der Waals surface area contributed by atoms with Gasteiger partial charge in [-0.15, -0.1) is 0 Å². The van der Waals surface area contributed by atoms with Gasteiger partial charge in [-0.2, -0.15) is 0 Å². The Morgan fingerprint density at radius 3 is 2.37 bits per heavy atom. The van der Waals surface area contributed by atoms with Gasteiger partial charge >= 0.3 is 5.97 Å². The Morgan fingerprint density at radius 1 is 1.05 bits per heavy atom. The van der Waals surface area contributed by atoms with E-state index in [1.54, 1.807) is 24.3 Å². The van der Waals surface area contributed by atoms with Crippen molar-refractivity contribution >= 4 is 17.3 Å². The van der Waals surface area contributed by atoms with E-state index >= 15 is 0 Å². The molecule has 0 aliphatic heterocycles. The molecule has 0 aromatic heterocycles. The molecular weight excluding hydrogens is 240 g/mol. The van der Waals surface area contributed by atoms with E-state index in [1.165, 1.54) is 5.01 Å². The van der Waals surface area contributed by atoms with Gasteiger partial charge in [0, 0.05) is 0 Å². The lowest BCUT2D eigenvalue weighted by Crippen LogP contribution is -2.27. The maximum atomic E-state index is 11.2. The minimum absolute atomic E-state index is 0.186. The Bertz CT molecular complexity index is 623. The number of carboxylic acid groups (broad SMARTS) is 1. The lowest BCUT2D eigenvalue weighted by molar-refractivity contribution is 0.0697. The highest BCUT2D eigenvalue weighted by Gasteiger charge is 2.16. The third-order valence-electron chi connectivity index (χ3n) is 3.23. The number of hydrogen-bond acceptors (Lipinski definition) is 3. The zero-order valence-electron chi connectivity index (χ0n) is 10.9. The van der Waals surface area contributed by atoms with Gasteiger partial charge in [0.15, 0.2) is 0 Å². The molecule has 0 bridgehead atoms. The van der Waals surface area contributed by atoms with E-state index in [2.05, 4.69) is 0 Å². The molecule has 0 spiro atoms. The van der Waals surface area contributed by atoms with Crippen LogP contribution in [0.4, 0.5) is 11.4 Å². The average molecular weight is 256 g/mol. The van der Waals surface area contributed by atoms with Crippen LogP contribution in [0.15, 0.2) is 42.5 Å². The summed E-state index contributed by atoms with van der Waals surface area (Å²) in [6, 6.07) is 12.5. The van der Waals surface area contributed by atoms with Gasteiger partial charge < -0.3 is 5.11 Å². The number of hydrogen-bond donors (Lipinski definition) is 2. The van der Waals surface area contributed by atoms with Crippen molar-refractivity contribution in [2.45, 2.75) is 13.8 Å². The number of nitrogens with two attached hydrogens (primary N) is 1. The number of para-hydroxylation sites is 1. The van der Waals surface area contributed by atoms with E-state index < -0.39 is 5.97 Å². The van der Waals surface area contributed by atoms with Gasteiger partial charge in [-0.05, 0) is 43.2 Å². The molecule has 0 amide bonds. The molecule has 0 unspecified atom stereocenters. The molecule has 4 heteroatoms. The predicted octanol–water partition coefficient (Wildman–Crippen LogP) is 3.01. The molecule has 0 fully saturated rings. The molecule has 98 valence electrons. The van der Waals surface area contributed by atoms with E-state index in [1.807, 2.05) is 32.0 Å². The van der Waals surface area contributed by atoms with Crippen LogP contribution in [-0.2, 0) is 0 Å². The van der Waals surface area contributed by atoms with Gasteiger partial charge in [0.2, 0.25) is 0 Å². The van der Waals surface area contributed by atoms with Crippen molar-refractivity contribution in [2.24, 2.45) is 5.84 Å². The lowest BCUT2D eigenvalue weighted by Gasteiger charge is -2.23. The first kappa shape index (κ1) is 13.1. The van der Waals surface area contributed by atoms with E-state index in [0.29, 0.717) is 5.69 Å². The number of anilines is 2. The highest BCUT2D eigenvalue weighted by molar-refractivity contribution is 5.95. The molecule has 0 heterocycles. The highest BCUT2D eigenvalue weighted by atomic mass is 16.4. The first-order valence-corrected chi connectivity index (χ1v) is 5.95. The molecule has 2 rings (SSSR count). The zero-order valence-corrected chi connectivity index (χ0v) is 10.9. The fraction of sp³-hybridized carbons (Fsp3) is 0.133. The molecule has 0 aliphatic carbocycles. The smallest absolute Gasteiger partial charge is 0.337 e. The van der Waals surface area contributed by atoms with Crippen molar-refractivity contribution in [2.75, 3.05) is 5.01 Å². The van der Waals surface area contributed by atoms with Crippen LogP contribution in [-0.4, -0.2) is 11.1 Å². The van der Waals surface area contributed by atoms with Crippen molar-refractivity contribution < 1.29 is 9.90 Å². The van der Waals surface area contributed by atoms with E-state index in [9.17, 15) is 9.90 Å². The molecule has 3 N–H and O–H groups in total. The SMILES string of the molecule is Cc1cccc(N(N)c2ccccc2C(=O)O)c1C. The molecule has 2 aromatic carbocycles. The number of hydrazine groups is 1. The average Bonchev–Trinajstić information content (AvgIpc) is 2.41. The lowest BCUT2D eigenvalue weighted by atomic mass is 10.1. The number of aryl methyl sites for hydroxylation is 1. The second-order valence-electron chi connectivity index (χ2n) is 4.41. The maximum Gasteiger partial charge on any atom is 0.337 e. The second kappa shape index (κ2) is 5.12. The van der Waals surface area contributed by atoms with Crippen molar-refractivity contribution in [1.29, 1.82) is 0 Å². The summed E-state index contributed by atoms with van der Waals surface area (Å²) < 4.78 is 0. The molecule has 19 heavy (non-hydrogen) atoms. The standard InChI is InChI=1S/C15H16N2O2/c1-10-6-5-9-13(11(10)2)17(16)14-8-4-3-7-12(14)15(18)19/h3-9H,16H2,1-2H3,(H,18,19). The van der Waals surface area contributed by atoms with Crippen LogP contribution in [0, 0.1) is 13.8 Å². The van der Waals surface area contributed by atoms with Crippen molar-refractivity contribution in [1.82, 2.24) is 0 Å². The summed E-state index contributed by atoms with van der Waals surface area (Å²) in [6.45, 7) is 3.96. The first-order valence-electron chi connectivity index (χ1n) is 5.95. The fourth-order valence-corrected chi connectivity index (χ4v) is 1.99. The van der Waals surface area contributed by atoms with Crippen LogP contribution in [0.2, 0.25) is 0 Å². The van der Waals surface area contributed by atoms with Crippen LogP contribution < -0.4 is 10.9 Å². The Labute approximate surface area is 112 Å². The third-order valence-corrected chi connectivity index (χ3v) is 3.23. The molecule has 0 saturated carbocycles. The minimum Gasteiger partial charge on any atom is -0.478 e. The van der Waals surface area contributed by atoms with Crippen LogP contribution in [0.5, 0.6) is 0 Å². The van der Waals surface area contributed by atoms with Gasteiger partial charge in [-0.25, -0.2) is 10.6 Å². The highest BCUT2D eigenvalue weighted by Crippen LogP contribution is 2.29. The number of carboxylic acids is 1. The molecule has 0 atom stereocenters. The normalized spacial score (nSPS) is 10.3. The monoisotopic (exact) mass is 256 g/mol. The number of rotatable bonds is 3. The van der Waals surface area contributed by atoms with E-state index in [-0.39, 0.29) is 5.56 Å². The Morgan fingerprint density at radius 2 is 1.68 bits per heavy atom. The van der Waals surface area contributed by atoms with Gasteiger partial charge in [-0.1, -0.05) is 24.3 Å². The fourth-order valence-electron chi connectivity index (χ4n) is 1.99. The summed E-state index contributed by atoms with van der Waals surface area (Å²) in [5, 5.41) is 10.6. The summed E-state index contributed by atoms with van der Waals surface area (Å²) in [4.78, 5) is 11.2. The summed E-state index contributed by atoms with van der Waals surface area (Å²) in [5.41, 5.74) is 3.61. The zero-order chi connectivity index (χ0) is 14.0. The van der Waals surface area contributed by atoms with Gasteiger partial charge in [0.25, 0.3) is 0 Å². The van der Waals surface area contributed by atoms with Gasteiger partial charge in [-0.3, -0.25) is 5.01 Å². The molecule has 4 nitrogen and oxygen atoms in total. The number of carbonyl (C=O) groups is 1. The Kier molecular flexibility index (Phi) is 3.53. The topological polar surface area (TPSA) is 66.6 Å². The van der Waals surface area contributed by atoms with Gasteiger partial charge in [0.05, 0.1) is 16.9 Å². The predicted molar refractivity (Wildman–Crippen MR) is 75.6 cm³/mol. The minimum atomic E-state index is -0.989. The van der Waals surface area contributed by atoms with Crippen molar-refractivity contribution in [3.63, 3.8) is 0 Å². The van der Waals surface area contributed by atoms with Crippen molar-refractivity contribution in [3.8, 4) is 0 Å². The summed E-state index contributed by atoms with van der Waals surface area (Å²) in [5.74, 6) is 5.11. The molecular formula is C15H16N2O2. The third kappa shape index (κ3) is 2.44. The maximum absolute atomic E-state index is 11.2. The number of aromatic carboxylic acids is 1. The van der Waals surface area contributed by atoms with Crippen LogP contribution in [0.25, 0.3) is 0 Å². The Balaban J connectivity index is 2.53. The molecule has 0 saturated heterocycles. The molecule has 2 aromatic rings. The molecule has 0 aliphatic rings. The summed E-state index contributed by atoms with van der Waals surface area (Å²) >= 11 is 0. The van der Waals surface area contributed by atoms with Crippen LogP contribution >= 0.6 is 0 Å². The van der Waals surface area contributed by atoms with Gasteiger partial charge in [0.1, 0.15) is 0 Å². The number of nitrogens with zero attached hydrogens (tertiary/aromatic N) is 1. The first-order chi connectivity index (χ1) is 9.02. The van der Waals surface area contributed by atoms with E-state index in [0.717, 1.165) is 16.8 Å². The Hall–Kier alpha value is -2.33. The summed E-state index contributed by atoms with van der Waals surface area (Å²) in [6.07, 6.45) is 0. The largest absolute Gasteiger partial charge is 0.478 e. The quantitative estimate of drug-likeness (QED) is 0.654.